The maximum atomic E-state index is 14.6. The Bertz CT molecular complexity index is 948. The highest BCUT2D eigenvalue weighted by Gasteiger charge is 2.27. The van der Waals surface area contributed by atoms with Crippen LogP contribution in [0, 0.1) is 11.6 Å². The SMILES string of the molecule is CS(=O)(=O)Nc1ncccc1-c1ccc(N2CCCC2=O)c(F)c1F. The Morgan fingerprint density at radius 1 is 1.16 bits per heavy atom. The summed E-state index contributed by atoms with van der Waals surface area (Å²) in [6.07, 6.45) is 3.16. The first kappa shape index (κ1) is 17.3. The van der Waals surface area contributed by atoms with Crippen LogP contribution in [0.3, 0.4) is 0 Å². The van der Waals surface area contributed by atoms with Gasteiger partial charge in [-0.15, -0.1) is 0 Å². The molecule has 2 aromatic rings. The number of amides is 1. The predicted molar refractivity (Wildman–Crippen MR) is 89.6 cm³/mol. The molecule has 132 valence electrons. The summed E-state index contributed by atoms with van der Waals surface area (Å²) in [4.78, 5) is 16.8. The minimum absolute atomic E-state index is 0.101. The number of hydrogen-bond donors (Lipinski definition) is 1. The second-order valence-electron chi connectivity index (χ2n) is 5.68. The number of nitrogens with zero attached hydrogens (tertiary/aromatic N) is 2. The van der Waals surface area contributed by atoms with Gasteiger partial charge in [0.25, 0.3) is 0 Å². The van der Waals surface area contributed by atoms with Gasteiger partial charge in [0, 0.05) is 30.3 Å². The number of benzene rings is 1. The van der Waals surface area contributed by atoms with E-state index in [-0.39, 0.29) is 28.5 Å². The lowest BCUT2D eigenvalue weighted by atomic mass is 10.0. The maximum absolute atomic E-state index is 14.6. The fourth-order valence-electron chi connectivity index (χ4n) is 2.74. The van der Waals surface area contributed by atoms with Gasteiger partial charge in [0.2, 0.25) is 15.9 Å². The zero-order chi connectivity index (χ0) is 18.2. The van der Waals surface area contributed by atoms with E-state index in [1.807, 2.05) is 0 Å². The number of hydrogen-bond acceptors (Lipinski definition) is 4. The molecule has 0 saturated carbocycles. The van der Waals surface area contributed by atoms with E-state index in [0.717, 1.165) is 6.26 Å². The lowest BCUT2D eigenvalue weighted by molar-refractivity contribution is -0.117. The third-order valence-corrected chi connectivity index (χ3v) is 4.37. The van der Waals surface area contributed by atoms with Crippen molar-refractivity contribution in [3.05, 3.63) is 42.1 Å². The Labute approximate surface area is 143 Å². The van der Waals surface area contributed by atoms with Gasteiger partial charge in [-0.3, -0.25) is 9.52 Å². The van der Waals surface area contributed by atoms with E-state index >= 15 is 0 Å². The fraction of sp³-hybridized carbons (Fsp3) is 0.250. The smallest absolute Gasteiger partial charge is 0.230 e. The van der Waals surface area contributed by atoms with Crippen LogP contribution in [-0.2, 0) is 14.8 Å². The van der Waals surface area contributed by atoms with Crippen LogP contribution < -0.4 is 9.62 Å². The molecule has 1 aliphatic heterocycles. The first-order valence-corrected chi connectivity index (χ1v) is 9.38. The molecule has 0 atom stereocenters. The van der Waals surface area contributed by atoms with E-state index < -0.39 is 21.7 Å². The van der Waals surface area contributed by atoms with Crippen molar-refractivity contribution in [1.29, 1.82) is 0 Å². The highest BCUT2D eigenvalue weighted by Crippen LogP contribution is 2.34. The molecule has 9 heteroatoms. The number of carbonyl (C=O) groups is 1. The summed E-state index contributed by atoms with van der Waals surface area (Å²) in [5, 5.41) is 0. The molecule has 6 nitrogen and oxygen atoms in total. The molecular weight excluding hydrogens is 352 g/mol. The van der Waals surface area contributed by atoms with Gasteiger partial charge >= 0.3 is 0 Å². The number of sulfonamides is 1. The highest BCUT2D eigenvalue weighted by molar-refractivity contribution is 7.92. The second kappa shape index (κ2) is 6.40. The van der Waals surface area contributed by atoms with Crippen molar-refractivity contribution in [1.82, 2.24) is 4.98 Å². The van der Waals surface area contributed by atoms with Crippen LogP contribution in [0.15, 0.2) is 30.5 Å². The fourth-order valence-corrected chi connectivity index (χ4v) is 3.25. The average Bonchev–Trinajstić information content (AvgIpc) is 2.95. The van der Waals surface area contributed by atoms with E-state index in [2.05, 4.69) is 9.71 Å². The van der Waals surface area contributed by atoms with Gasteiger partial charge in [0.05, 0.1) is 11.9 Å². The zero-order valence-electron chi connectivity index (χ0n) is 13.3. The van der Waals surface area contributed by atoms with Crippen molar-refractivity contribution in [2.75, 3.05) is 22.4 Å². The van der Waals surface area contributed by atoms with Gasteiger partial charge in [-0.25, -0.2) is 22.2 Å². The molecule has 0 bridgehead atoms. The van der Waals surface area contributed by atoms with Crippen molar-refractivity contribution in [2.24, 2.45) is 0 Å². The van der Waals surface area contributed by atoms with Gasteiger partial charge in [0.15, 0.2) is 11.6 Å². The number of aromatic nitrogens is 1. The van der Waals surface area contributed by atoms with Gasteiger partial charge in [-0.05, 0) is 30.7 Å². The summed E-state index contributed by atoms with van der Waals surface area (Å²) >= 11 is 0. The van der Waals surface area contributed by atoms with Crippen molar-refractivity contribution < 1.29 is 22.0 Å². The molecule has 1 N–H and O–H groups in total. The molecule has 0 radical (unpaired) electrons. The van der Waals surface area contributed by atoms with Crippen molar-refractivity contribution in [3.8, 4) is 11.1 Å². The van der Waals surface area contributed by atoms with E-state index in [1.54, 1.807) is 0 Å². The Hall–Kier alpha value is -2.55. The van der Waals surface area contributed by atoms with Crippen LogP contribution >= 0.6 is 0 Å². The van der Waals surface area contributed by atoms with E-state index in [9.17, 15) is 22.0 Å². The molecule has 1 amide bonds. The summed E-state index contributed by atoms with van der Waals surface area (Å²) in [6.45, 7) is 0.336. The molecule has 3 rings (SSSR count). The van der Waals surface area contributed by atoms with Crippen molar-refractivity contribution >= 4 is 27.4 Å². The Kier molecular flexibility index (Phi) is 4.42. The lowest BCUT2D eigenvalue weighted by Crippen LogP contribution is -2.25. The molecule has 2 heterocycles. The topological polar surface area (TPSA) is 79.4 Å². The van der Waals surface area contributed by atoms with Crippen LogP contribution in [0.4, 0.5) is 20.3 Å². The van der Waals surface area contributed by atoms with Crippen LogP contribution in [0.5, 0.6) is 0 Å². The minimum atomic E-state index is -3.64. The standard InChI is InChI=1S/C16H15F2N3O3S/c1-25(23,24)20-16-11(4-2-8-19-16)10-6-7-12(15(18)14(10)17)21-9-3-5-13(21)22/h2,4,6-8H,3,5,9H2,1H3,(H,19,20). The zero-order valence-corrected chi connectivity index (χ0v) is 14.1. The summed E-state index contributed by atoms with van der Waals surface area (Å²) in [7, 11) is -3.64. The van der Waals surface area contributed by atoms with Crippen LogP contribution in [0.1, 0.15) is 12.8 Å². The number of rotatable bonds is 4. The predicted octanol–water partition coefficient (Wildman–Crippen LogP) is 2.53. The summed E-state index contributed by atoms with van der Waals surface area (Å²) in [5.74, 6) is -2.68. The van der Waals surface area contributed by atoms with E-state index in [4.69, 9.17) is 0 Å². The number of nitrogens with one attached hydrogen (secondary N) is 1. The molecule has 0 spiro atoms. The maximum Gasteiger partial charge on any atom is 0.230 e. The molecule has 1 aromatic heterocycles. The number of pyridine rings is 1. The first-order valence-electron chi connectivity index (χ1n) is 7.49. The molecule has 1 aromatic carbocycles. The van der Waals surface area contributed by atoms with Crippen molar-refractivity contribution in [2.45, 2.75) is 12.8 Å². The molecule has 1 aliphatic rings. The third kappa shape index (κ3) is 3.46. The van der Waals surface area contributed by atoms with E-state index in [1.165, 1.54) is 35.4 Å². The lowest BCUT2D eigenvalue weighted by Gasteiger charge is -2.18. The minimum Gasteiger partial charge on any atom is -0.310 e. The molecule has 1 fully saturated rings. The summed E-state index contributed by atoms with van der Waals surface area (Å²) < 4.78 is 54.2. The molecule has 0 unspecified atom stereocenters. The Morgan fingerprint density at radius 2 is 1.92 bits per heavy atom. The van der Waals surface area contributed by atoms with Gasteiger partial charge < -0.3 is 4.90 Å². The number of anilines is 2. The normalized spacial score (nSPS) is 14.8. The largest absolute Gasteiger partial charge is 0.310 e. The second-order valence-corrected chi connectivity index (χ2v) is 7.43. The third-order valence-electron chi connectivity index (χ3n) is 3.81. The number of halogens is 2. The molecule has 1 saturated heterocycles. The van der Waals surface area contributed by atoms with Crippen LogP contribution in [0.25, 0.3) is 11.1 Å². The number of carbonyl (C=O) groups excluding carboxylic acids is 1. The van der Waals surface area contributed by atoms with Gasteiger partial charge in [0.1, 0.15) is 5.82 Å². The van der Waals surface area contributed by atoms with Gasteiger partial charge in [-0.2, -0.15) is 0 Å². The van der Waals surface area contributed by atoms with Gasteiger partial charge in [-0.1, -0.05) is 0 Å². The Balaban J connectivity index is 2.08. The monoisotopic (exact) mass is 367 g/mol. The van der Waals surface area contributed by atoms with Crippen LogP contribution in [-0.4, -0.2) is 32.1 Å². The summed E-state index contributed by atoms with van der Waals surface area (Å²) in [5.41, 5.74) is -0.166. The van der Waals surface area contributed by atoms with Crippen LogP contribution in [0.2, 0.25) is 0 Å². The van der Waals surface area contributed by atoms with Crippen molar-refractivity contribution in [3.63, 3.8) is 0 Å². The van der Waals surface area contributed by atoms with E-state index in [0.29, 0.717) is 19.4 Å². The Morgan fingerprint density at radius 3 is 2.56 bits per heavy atom. The molecule has 0 aliphatic carbocycles. The molecular formula is C16H15F2N3O3S. The quantitative estimate of drug-likeness (QED) is 0.901. The molecule has 25 heavy (non-hydrogen) atoms. The highest BCUT2D eigenvalue weighted by atomic mass is 32.2. The summed E-state index contributed by atoms with van der Waals surface area (Å²) in [6, 6.07) is 5.54. The first-order chi connectivity index (χ1) is 11.8. The average molecular weight is 367 g/mol.